The molecule has 0 radical (unpaired) electrons. The molecule has 3 aromatic rings. The van der Waals surface area contributed by atoms with Crippen molar-refractivity contribution in [2.75, 3.05) is 5.32 Å². The van der Waals surface area contributed by atoms with Gasteiger partial charge in [-0.1, -0.05) is 30.3 Å². The Morgan fingerprint density at radius 2 is 1.73 bits per heavy atom. The first-order chi connectivity index (χ1) is 12.6. The Bertz CT molecular complexity index is 846. The summed E-state index contributed by atoms with van der Waals surface area (Å²) in [6.45, 7) is -2.86. The maximum atomic E-state index is 12.1. The zero-order valence-corrected chi connectivity index (χ0v) is 13.9. The van der Waals surface area contributed by atoms with Crippen LogP contribution in [-0.4, -0.2) is 17.5 Å². The van der Waals surface area contributed by atoms with E-state index < -0.39 is 6.61 Å². The van der Waals surface area contributed by atoms with Gasteiger partial charge in [-0.2, -0.15) is 8.78 Å². The van der Waals surface area contributed by atoms with Gasteiger partial charge in [0.05, 0.1) is 0 Å². The number of amides is 1. The Kier molecular flexibility index (Phi) is 5.63. The van der Waals surface area contributed by atoms with Crippen LogP contribution in [0.4, 0.5) is 14.5 Å². The lowest BCUT2D eigenvalue weighted by Crippen LogP contribution is -2.12. The van der Waals surface area contributed by atoms with E-state index in [2.05, 4.69) is 15.0 Å². The number of carbonyl (C=O) groups excluding carboxylic acids is 1. The molecule has 0 atom stereocenters. The number of aromatic nitrogens is 1. The first-order valence-corrected chi connectivity index (χ1v) is 8.18. The first kappa shape index (κ1) is 17.7. The molecule has 4 nitrogen and oxygen atoms in total. The summed E-state index contributed by atoms with van der Waals surface area (Å²) in [7, 11) is 0. The number of hydrogen-bond donors (Lipinski definition) is 2. The van der Waals surface area contributed by atoms with Gasteiger partial charge in [0, 0.05) is 23.5 Å². The molecule has 0 aliphatic heterocycles. The second-order valence-corrected chi connectivity index (χ2v) is 5.71. The highest BCUT2D eigenvalue weighted by Crippen LogP contribution is 2.20. The van der Waals surface area contributed by atoms with Gasteiger partial charge in [0.15, 0.2) is 0 Å². The molecule has 3 rings (SSSR count). The number of H-pyrrole nitrogens is 1. The second kappa shape index (κ2) is 8.29. The summed E-state index contributed by atoms with van der Waals surface area (Å²) >= 11 is 0. The summed E-state index contributed by atoms with van der Waals surface area (Å²) in [5, 5.41) is 2.74. The maximum Gasteiger partial charge on any atom is 0.387 e. The molecule has 0 aliphatic rings. The third-order valence-corrected chi connectivity index (χ3v) is 3.82. The maximum absolute atomic E-state index is 12.1. The molecule has 2 N–H and O–H groups in total. The highest BCUT2D eigenvalue weighted by molar-refractivity contribution is 5.90. The molecule has 0 saturated carbocycles. The van der Waals surface area contributed by atoms with Crippen molar-refractivity contribution in [2.24, 2.45) is 0 Å². The lowest BCUT2D eigenvalue weighted by atomic mass is 10.2. The van der Waals surface area contributed by atoms with Crippen molar-refractivity contribution in [1.29, 1.82) is 0 Å². The molecule has 134 valence electrons. The van der Waals surface area contributed by atoms with Crippen LogP contribution in [0.1, 0.15) is 12.1 Å². The fourth-order valence-electron chi connectivity index (χ4n) is 2.56. The summed E-state index contributed by atoms with van der Waals surface area (Å²) in [5.41, 5.74) is 3.61. The number of aromatic amines is 1. The lowest BCUT2D eigenvalue weighted by Gasteiger charge is -2.07. The number of alkyl halides is 2. The van der Waals surface area contributed by atoms with E-state index in [9.17, 15) is 13.6 Å². The van der Waals surface area contributed by atoms with Crippen LogP contribution < -0.4 is 10.1 Å². The van der Waals surface area contributed by atoms with Gasteiger partial charge in [-0.05, 0) is 48.4 Å². The first-order valence-electron chi connectivity index (χ1n) is 8.18. The number of benzene rings is 2. The average molecular weight is 356 g/mol. The predicted octanol–water partition coefficient (Wildman–Crippen LogP) is 4.85. The number of aryl methyl sites for hydroxylation is 1. The summed E-state index contributed by atoms with van der Waals surface area (Å²) in [6, 6.07) is 19.7. The molecule has 0 saturated heterocycles. The smallest absolute Gasteiger partial charge is 0.387 e. The monoisotopic (exact) mass is 356 g/mol. The zero-order chi connectivity index (χ0) is 18.4. The number of rotatable bonds is 7. The molecule has 0 bridgehead atoms. The van der Waals surface area contributed by atoms with E-state index in [-0.39, 0.29) is 11.7 Å². The second-order valence-electron chi connectivity index (χ2n) is 5.71. The Morgan fingerprint density at radius 3 is 2.42 bits per heavy atom. The number of ether oxygens (including phenoxy) is 1. The van der Waals surface area contributed by atoms with Crippen molar-refractivity contribution in [2.45, 2.75) is 19.5 Å². The van der Waals surface area contributed by atoms with Crippen LogP contribution in [0, 0.1) is 0 Å². The van der Waals surface area contributed by atoms with Crippen molar-refractivity contribution >= 4 is 11.6 Å². The minimum Gasteiger partial charge on any atom is -0.435 e. The van der Waals surface area contributed by atoms with Gasteiger partial charge in [0.2, 0.25) is 5.91 Å². The van der Waals surface area contributed by atoms with Crippen LogP contribution in [0.5, 0.6) is 5.75 Å². The molecular weight excluding hydrogens is 338 g/mol. The molecule has 26 heavy (non-hydrogen) atoms. The summed E-state index contributed by atoms with van der Waals surface area (Å²) in [6.07, 6.45) is 0.884. The van der Waals surface area contributed by atoms with Crippen LogP contribution in [0.2, 0.25) is 0 Å². The Hall–Kier alpha value is -3.15. The number of hydrogen-bond acceptors (Lipinski definition) is 2. The topological polar surface area (TPSA) is 54.1 Å². The number of halogens is 2. The number of carbonyl (C=O) groups is 1. The molecule has 1 amide bonds. The minimum absolute atomic E-state index is 0.0535. The van der Waals surface area contributed by atoms with Gasteiger partial charge >= 0.3 is 6.61 Å². The van der Waals surface area contributed by atoms with Gasteiger partial charge in [-0.25, -0.2) is 0 Å². The molecule has 1 heterocycles. The van der Waals surface area contributed by atoms with Crippen molar-refractivity contribution in [3.05, 3.63) is 72.4 Å². The molecule has 6 heteroatoms. The minimum atomic E-state index is -2.86. The average Bonchev–Trinajstić information content (AvgIpc) is 3.11. The molecule has 0 unspecified atom stereocenters. The van der Waals surface area contributed by atoms with E-state index >= 15 is 0 Å². The van der Waals surface area contributed by atoms with E-state index in [0.29, 0.717) is 18.5 Å². The summed E-state index contributed by atoms with van der Waals surface area (Å²) in [4.78, 5) is 15.4. The van der Waals surface area contributed by atoms with Gasteiger partial charge in [-0.15, -0.1) is 0 Å². The number of anilines is 1. The Labute approximate surface area is 149 Å². The Balaban J connectivity index is 1.50. The summed E-state index contributed by atoms with van der Waals surface area (Å²) < 4.78 is 28.5. The third-order valence-electron chi connectivity index (χ3n) is 3.82. The fraction of sp³-hybridized carbons (Fsp3) is 0.150. The normalized spacial score (nSPS) is 10.7. The fourth-order valence-corrected chi connectivity index (χ4v) is 2.56. The zero-order valence-electron chi connectivity index (χ0n) is 13.9. The molecule has 2 aromatic carbocycles. The standard InChI is InChI=1S/C20H18F2N2O2/c21-20(22)26-17-10-6-16(7-11-17)24-19(25)13-9-15-8-12-18(23-15)14-4-2-1-3-5-14/h1-8,10-12,20,23H,9,13H2,(H,24,25). The third kappa shape index (κ3) is 4.92. The van der Waals surface area contributed by atoms with Crippen LogP contribution >= 0.6 is 0 Å². The van der Waals surface area contributed by atoms with Crippen molar-refractivity contribution in [1.82, 2.24) is 4.98 Å². The van der Waals surface area contributed by atoms with Crippen molar-refractivity contribution in [3.63, 3.8) is 0 Å². The van der Waals surface area contributed by atoms with Gasteiger partial charge in [0.25, 0.3) is 0 Å². The lowest BCUT2D eigenvalue weighted by molar-refractivity contribution is -0.116. The number of nitrogens with one attached hydrogen (secondary N) is 2. The van der Waals surface area contributed by atoms with E-state index in [1.165, 1.54) is 24.3 Å². The van der Waals surface area contributed by atoms with Crippen LogP contribution in [-0.2, 0) is 11.2 Å². The molecule has 1 aromatic heterocycles. The molecule has 0 spiro atoms. The van der Waals surface area contributed by atoms with Gasteiger partial charge < -0.3 is 15.0 Å². The van der Waals surface area contributed by atoms with Crippen molar-refractivity contribution < 1.29 is 18.3 Å². The quantitative estimate of drug-likeness (QED) is 0.635. The largest absolute Gasteiger partial charge is 0.435 e. The van der Waals surface area contributed by atoms with Crippen LogP contribution in [0.3, 0.4) is 0 Å². The van der Waals surface area contributed by atoms with Gasteiger partial charge in [0.1, 0.15) is 5.75 Å². The van der Waals surface area contributed by atoms with E-state index in [4.69, 9.17) is 0 Å². The highest BCUT2D eigenvalue weighted by Gasteiger charge is 2.07. The van der Waals surface area contributed by atoms with Crippen LogP contribution in [0.25, 0.3) is 11.3 Å². The van der Waals surface area contributed by atoms with Crippen LogP contribution in [0.15, 0.2) is 66.7 Å². The Morgan fingerprint density at radius 1 is 1.00 bits per heavy atom. The van der Waals surface area contributed by atoms with Gasteiger partial charge in [-0.3, -0.25) is 4.79 Å². The summed E-state index contributed by atoms with van der Waals surface area (Å²) in [5.74, 6) is -0.0961. The molecule has 0 fully saturated rings. The van der Waals surface area contributed by atoms with E-state index in [0.717, 1.165) is 17.0 Å². The SMILES string of the molecule is O=C(CCc1ccc(-c2ccccc2)[nH]1)Nc1ccc(OC(F)F)cc1. The van der Waals surface area contributed by atoms with Crippen molar-refractivity contribution in [3.8, 4) is 17.0 Å². The van der Waals surface area contributed by atoms with E-state index in [1.807, 2.05) is 42.5 Å². The molecular formula is C20H18F2N2O2. The predicted molar refractivity (Wildman–Crippen MR) is 96.3 cm³/mol. The highest BCUT2D eigenvalue weighted by atomic mass is 19.3. The molecule has 0 aliphatic carbocycles. The van der Waals surface area contributed by atoms with E-state index in [1.54, 1.807) is 0 Å².